The van der Waals surface area contributed by atoms with Gasteiger partial charge in [0.1, 0.15) is 0 Å². The van der Waals surface area contributed by atoms with Gasteiger partial charge in [0.05, 0.1) is 12.7 Å². The first-order valence-corrected chi connectivity index (χ1v) is 8.14. The second kappa shape index (κ2) is 7.36. The maximum absolute atomic E-state index is 12.0. The van der Waals surface area contributed by atoms with E-state index in [4.69, 9.17) is 11.6 Å². The number of nitrogens with zero attached hydrogens (tertiary/aromatic N) is 4. The van der Waals surface area contributed by atoms with E-state index in [1.807, 2.05) is 55.2 Å². The van der Waals surface area contributed by atoms with E-state index in [2.05, 4.69) is 15.5 Å². The molecule has 0 unspecified atom stereocenters. The van der Waals surface area contributed by atoms with Gasteiger partial charge in [0.2, 0.25) is 5.91 Å². The van der Waals surface area contributed by atoms with E-state index in [1.54, 1.807) is 17.0 Å². The van der Waals surface area contributed by atoms with E-state index in [1.165, 1.54) is 6.08 Å². The molecule has 0 atom stereocenters. The standard InChI is InChI=1S/C18H18ClN5O/c1-13-9-17(21-18(25)8-7-14-10-20-23(2)11-14)22-24(13)12-15-5-3-4-6-16(15)19/h3-11H,12H2,1-2H3,(H,21,22,25)/b8-7+. The van der Waals surface area contributed by atoms with Gasteiger partial charge in [-0.2, -0.15) is 10.2 Å². The van der Waals surface area contributed by atoms with Crippen molar-refractivity contribution in [2.75, 3.05) is 5.32 Å². The van der Waals surface area contributed by atoms with Crippen molar-refractivity contribution in [2.45, 2.75) is 13.5 Å². The molecule has 3 aromatic rings. The minimum atomic E-state index is -0.244. The molecule has 6 nitrogen and oxygen atoms in total. The molecule has 0 fully saturated rings. The molecule has 0 saturated heterocycles. The molecule has 0 bridgehead atoms. The molecule has 25 heavy (non-hydrogen) atoms. The van der Waals surface area contributed by atoms with E-state index in [-0.39, 0.29) is 5.91 Å². The average molecular weight is 356 g/mol. The van der Waals surface area contributed by atoms with Crippen molar-refractivity contribution in [3.63, 3.8) is 0 Å². The molecule has 1 N–H and O–H groups in total. The molecule has 0 spiro atoms. The third-order valence-corrected chi connectivity index (χ3v) is 4.03. The molecule has 0 radical (unpaired) electrons. The highest BCUT2D eigenvalue weighted by atomic mass is 35.5. The molecule has 0 saturated carbocycles. The summed E-state index contributed by atoms with van der Waals surface area (Å²) in [5.74, 6) is 0.261. The van der Waals surface area contributed by atoms with Crippen molar-refractivity contribution in [3.05, 3.63) is 70.6 Å². The molecule has 2 aromatic heterocycles. The molecule has 0 aliphatic carbocycles. The van der Waals surface area contributed by atoms with Crippen LogP contribution in [0.15, 0.2) is 48.8 Å². The fourth-order valence-corrected chi connectivity index (χ4v) is 2.58. The van der Waals surface area contributed by atoms with Crippen LogP contribution in [0.5, 0.6) is 0 Å². The molecule has 0 aliphatic rings. The topological polar surface area (TPSA) is 64.7 Å². The van der Waals surface area contributed by atoms with Crippen LogP contribution in [-0.4, -0.2) is 25.5 Å². The normalized spacial score (nSPS) is 11.2. The van der Waals surface area contributed by atoms with Crippen LogP contribution in [0.4, 0.5) is 5.82 Å². The van der Waals surface area contributed by atoms with Gasteiger partial charge in [-0.1, -0.05) is 29.8 Å². The minimum absolute atomic E-state index is 0.244. The largest absolute Gasteiger partial charge is 0.306 e. The molecule has 128 valence electrons. The Morgan fingerprint density at radius 1 is 1.36 bits per heavy atom. The first-order valence-electron chi connectivity index (χ1n) is 7.77. The number of amides is 1. The molecule has 1 aromatic carbocycles. The summed E-state index contributed by atoms with van der Waals surface area (Å²) in [5.41, 5.74) is 2.77. The van der Waals surface area contributed by atoms with E-state index in [0.29, 0.717) is 17.4 Å². The van der Waals surface area contributed by atoms with Crippen LogP contribution in [0.3, 0.4) is 0 Å². The summed E-state index contributed by atoms with van der Waals surface area (Å²) in [4.78, 5) is 12.0. The van der Waals surface area contributed by atoms with Crippen molar-refractivity contribution < 1.29 is 4.79 Å². The number of hydrogen-bond acceptors (Lipinski definition) is 3. The Morgan fingerprint density at radius 2 is 2.16 bits per heavy atom. The number of carbonyl (C=O) groups is 1. The lowest BCUT2D eigenvalue weighted by Crippen LogP contribution is -2.09. The van der Waals surface area contributed by atoms with Crippen molar-refractivity contribution in [2.24, 2.45) is 7.05 Å². The highest BCUT2D eigenvalue weighted by molar-refractivity contribution is 6.31. The maximum Gasteiger partial charge on any atom is 0.249 e. The fraction of sp³-hybridized carbons (Fsp3) is 0.167. The fourth-order valence-electron chi connectivity index (χ4n) is 2.39. The Hall–Kier alpha value is -2.86. The van der Waals surface area contributed by atoms with Crippen LogP contribution < -0.4 is 5.32 Å². The highest BCUT2D eigenvalue weighted by Gasteiger charge is 2.08. The Kier molecular flexibility index (Phi) is 5.00. The zero-order valence-electron chi connectivity index (χ0n) is 14.0. The number of aromatic nitrogens is 4. The first kappa shape index (κ1) is 17.0. The third-order valence-electron chi connectivity index (χ3n) is 3.66. The smallest absolute Gasteiger partial charge is 0.249 e. The lowest BCUT2D eigenvalue weighted by molar-refractivity contribution is -0.111. The zero-order valence-corrected chi connectivity index (χ0v) is 14.7. The SMILES string of the molecule is Cc1cc(NC(=O)/C=C/c2cnn(C)c2)nn1Cc1ccccc1Cl. The Labute approximate surface area is 150 Å². The van der Waals surface area contributed by atoms with Gasteiger partial charge in [-0.3, -0.25) is 14.2 Å². The van der Waals surface area contributed by atoms with E-state index in [9.17, 15) is 4.79 Å². The minimum Gasteiger partial charge on any atom is -0.306 e. The van der Waals surface area contributed by atoms with Crippen LogP contribution in [0.25, 0.3) is 6.08 Å². The molecule has 1 amide bonds. The maximum atomic E-state index is 12.0. The summed E-state index contributed by atoms with van der Waals surface area (Å²) in [7, 11) is 1.83. The van der Waals surface area contributed by atoms with Crippen LogP contribution in [-0.2, 0) is 18.4 Å². The predicted octanol–water partition coefficient (Wildman–Crippen LogP) is 3.28. The van der Waals surface area contributed by atoms with Crippen LogP contribution in [0.1, 0.15) is 16.8 Å². The quantitative estimate of drug-likeness (QED) is 0.714. The van der Waals surface area contributed by atoms with Crippen molar-refractivity contribution in [1.29, 1.82) is 0 Å². The summed E-state index contributed by atoms with van der Waals surface area (Å²) >= 11 is 6.19. The zero-order chi connectivity index (χ0) is 17.8. The lowest BCUT2D eigenvalue weighted by atomic mass is 10.2. The van der Waals surface area contributed by atoms with Crippen molar-refractivity contribution in [1.82, 2.24) is 19.6 Å². The molecular formula is C18H18ClN5O. The molecule has 2 heterocycles. The monoisotopic (exact) mass is 355 g/mol. The van der Waals surface area contributed by atoms with Gasteiger partial charge in [0.15, 0.2) is 5.82 Å². The van der Waals surface area contributed by atoms with Gasteiger partial charge in [-0.25, -0.2) is 0 Å². The van der Waals surface area contributed by atoms with Gasteiger partial charge in [0.25, 0.3) is 0 Å². The number of anilines is 1. The molecule has 3 rings (SSSR count). The van der Waals surface area contributed by atoms with E-state index in [0.717, 1.165) is 16.8 Å². The Balaban J connectivity index is 1.67. The average Bonchev–Trinajstić information content (AvgIpc) is 3.13. The van der Waals surface area contributed by atoms with Gasteiger partial charge in [-0.15, -0.1) is 0 Å². The number of carbonyl (C=O) groups excluding carboxylic acids is 1. The second-order valence-corrected chi connectivity index (χ2v) is 6.10. The molecule has 0 aliphatic heterocycles. The van der Waals surface area contributed by atoms with Gasteiger partial charge in [0, 0.05) is 41.7 Å². The number of nitrogens with one attached hydrogen (secondary N) is 1. The van der Waals surface area contributed by atoms with Crippen LogP contribution in [0, 0.1) is 6.92 Å². The predicted molar refractivity (Wildman–Crippen MR) is 98.4 cm³/mol. The van der Waals surface area contributed by atoms with Crippen molar-refractivity contribution >= 4 is 29.4 Å². The highest BCUT2D eigenvalue weighted by Crippen LogP contribution is 2.18. The lowest BCUT2D eigenvalue weighted by Gasteiger charge is -2.06. The molecular weight excluding hydrogens is 338 g/mol. The van der Waals surface area contributed by atoms with E-state index >= 15 is 0 Å². The summed E-state index contributed by atoms with van der Waals surface area (Å²) < 4.78 is 3.49. The van der Waals surface area contributed by atoms with Crippen LogP contribution in [0.2, 0.25) is 5.02 Å². The number of hydrogen-bond donors (Lipinski definition) is 1. The summed E-state index contributed by atoms with van der Waals surface area (Å²) in [6.45, 7) is 2.48. The van der Waals surface area contributed by atoms with Gasteiger partial charge < -0.3 is 5.32 Å². The summed E-state index contributed by atoms with van der Waals surface area (Å²) in [5, 5.41) is 11.9. The third kappa shape index (κ3) is 4.36. The molecule has 7 heteroatoms. The number of halogens is 1. The summed E-state index contributed by atoms with van der Waals surface area (Å²) in [6.07, 6.45) is 6.67. The van der Waals surface area contributed by atoms with Gasteiger partial charge in [-0.05, 0) is 24.6 Å². The van der Waals surface area contributed by atoms with Gasteiger partial charge >= 0.3 is 0 Å². The summed E-state index contributed by atoms with van der Waals surface area (Å²) in [6, 6.07) is 9.46. The number of rotatable bonds is 5. The number of aryl methyl sites for hydroxylation is 2. The number of benzene rings is 1. The van der Waals surface area contributed by atoms with E-state index < -0.39 is 0 Å². The Morgan fingerprint density at radius 3 is 2.88 bits per heavy atom. The Bertz CT molecular complexity index is 925. The first-order chi connectivity index (χ1) is 12.0. The van der Waals surface area contributed by atoms with Crippen LogP contribution >= 0.6 is 11.6 Å². The van der Waals surface area contributed by atoms with Crippen molar-refractivity contribution in [3.8, 4) is 0 Å². The second-order valence-electron chi connectivity index (χ2n) is 5.69.